The number of nitrogens with zero attached hydrogens (tertiary/aromatic N) is 3. The van der Waals surface area contributed by atoms with Crippen LogP contribution in [0.5, 0.6) is 0 Å². The smallest absolute Gasteiger partial charge is 0.124 e. The first kappa shape index (κ1) is 16.3. The number of fused-ring (bicyclic) bond motifs is 1. The minimum atomic E-state index is -0.0737. The number of ether oxygens (including phenoxy) is 2. The summed E-state index contributed by atoms with van der Waals surface area (Å²) in [5.74, 6) is 0. The molecule has 2 aliphatic rings. The highest BCUT2D eigenvalue weighted by Crippen LogP contribution is 2.33. The zero-order valence-corrected chi connectivity index (χ0v) is 14.1. The van der Waals surface area contributed by atoms with Crippen LogP contribution in [0.1, 0.15) is 29.5 Å². The van der Waals surface area contributed by atoms with E-state index in [2.05, 4.69) is 11.1 Å². The molecule has 0 aromatic heterocycles. The topological polar surface area (TPSA) is 57.9 Å². The Labute approximate surface area is 141 Å². The lowest BCUT2D eigenvalue weighted by Crippen LogP contribution is -2.36. The number of hydrogen-bond donors (Lipinski definition) is 0. The molecule has 0 radical (unpaired) electrons. The second-order valence-corrected chi connectivity index (χ2v) is 6.23. The van der Waals surface area contributed by atoms with E-state index in [1.54, 1.807) is 13.2 Å². The van der Waals surface area contributed by atoms with Crippen LogP contribution in [0.4, 0.5) is 0 Å². The average Bonchev–Trinajstić information content (AvgIpc) is 3.12. The Hall–Kier alpha value is -1.61. The minimum Gasteiger partial charge on any atom is -0.382 e. The normalized spacial score (nSPS) is 22.9. The molecule has 0 spiro atoms. The monoisotopic (exact) mass is 333 g/mol. The van der Waals surface area contributed by atoms with Crippen molar-refractivity contribution in [3.8, 4) is 6.07 Å². The molecule has 3 rings (SSSR count). The predicted octanol–water partition coefficient (Wildman–Crippen LogP) is 2.73. The van der Waals surface area contributed by atoms with Gasteiger partial charge in [0.15, 0.2) is 0 Å². The van der Waals surface area contributed by atoms with Gasteiger partial charge in [-0.05, 0) is 31.4 Å². The van der Waals surface area contributed by atoms with Gasteiger partial charge in [0, 0.05) is 19.2 Å². The first-order chi connectivity index (χ1) is 11.2. The number of benzene rings is 1. The number of rotatable bonds is 5. The van der Waals surface area contributed by atoms with Crippen molar-refractivity contribution in [2.75, 3.05) is 26.9 Å². The molecule has 5 nitrogen and oxygen atoms in total. The Kier molecular flexibility index (Phi) is 4.86. The van der Waals surface area contributed by atoms with E-state index in [9.17, 15) is 0 Å². The lowest BCUT2D eigenvalue weighted by atomic mass is 9.95. The molecule has 1 aromatic carbocycles. The van der Waals surface area contributed by atoms with Crippen LogP contribution < -0.4 is 0 Å². The van der Waals surface area contributed by atoms with E-state index in [1.807, 2.05) is 13.0 Å². The van der Waals surface area contributed by atoms with Crippen LogP contribution in [0.3, 0.4) is 0 Å². The zero-order chi connectivity index (χ0) is 16.4. The van der Waals surface area contributed by atoms with E-state index in [4.69, 9.17) is 31.4 Å². The van der Waals surface area contributed by atoms with Crippen molar-refractivity contribution in [3.63, 3.8) is 0 Å². The van der Waals surface area contributed by atoms with Gasteiger partial charge < -0.3 is 9.47 Å². The van der Waals surface area contributed by atoms with Crippen molar-refractivity contribution in [3.05, 3.63) is 33.8 Å². The lowest BCUT2D eigenvalue weighted by Gasteiger charge is -2.22. The lowest BCUT2D eigenvalue weighted by molar-refractivity contribution is 0.0237. The Morgan fingerprint density at radius 3 is 3.00 bits per heavy atom. The summed E-state index contributed by atoms with van der Waals surface area (Å²) in [6.45, 7) is 3.98. The summed E-state index contributed by atoms with van der Waals surface area (Å²) in [5, 5.41) is 16.5. The van der Waals surface area contributed by atoms with Crippen LogP contribution in [0.15, 0.2) is 17.2 Å². The summed E-state index contributed by atoms with van der Waals surface area (Å²) in [4.78, 5) is 0. The van der Waals surface area contributed by atoms with Gasteiger partial charge in [-0.1, -0.05) is 17.7 Å². The minimum absolute atomic E-state index is 0.0737. The third-order valence-electron chi connectivity index (χ3n) is 4.49. The van der Waals surface area contributed by atoms with Crippen molar-refractivity contribution in [1.82, 2.24) is 5.01 Å². The van der Waals surface area contributed by atoms with E-state index in [0.29, 0.717) is 23.8 Å². The van der Waals surface area contributed by atoms with Crippen LogP contribution in [0.2, 0.25) is 5.02 Å². The molecular formula is C17H20ClN3O2. The maximum absolute atomic E-state index is 9.11. The average molecular weight is 334 g/mol. The molecule has 1 aromatic rings. The van der Waals surface area contributed by atoms with Gasteiger partial charge in [0.05, 0.1) is 35.6 Å². The number of nitriles is 1. The van der Waals surface area contributed by atoms with E-state index in [0.717, 1.165) is 36.2 Å². The van der Waals surface area contributed by atoms with E-state index >= 15 is 0 Å². The quantitative estimate of drug-likeness (QED) is 0.777. The number of halogens is 1. The van der Waals surface area contributed by atoms with Crippen molar-refractivity contribution in [2.24, 2.45) is 5.10 Å². The Bertz CT molecular complexity index is 669. The van der Waals surface area contributed by atoms with E-state index in [-0.39, 0.29) is 12.1 Å². The summed E-state index contributed by atoms with van der Waals surface area (Å²) in [6, 6.07) is 6.08. The Morgan fingerprint density at radius 1 is 1.43 bits per heavy atom. The standard InChI is InChI=1S/C17H20ClN3O2/c1-11-13(6-5-12(10-19)15(11)18)16-17(23-9-8-22-2)14-4-3-7-21(14)20-16/h5-6,14,17H,3-4,7-9H2,1-2H3. The highest BCUT2D eigenvalue weighted by molar-refractivity contribution is 6.33. The Balaban J connectivity index is 1.93. The van der Waals surface area contributed by atoms with E-state index in [1.165, 1.54) is 0 Å². The third-order valence-corrected chi connectivity index (χ3v) is 4.98. The molecule has 6 heteroatoms. The summed E-state index contributed by atoms with van der Waals surface area (Å²) in [7, 11) is 1.67. The first-order valence-corrected chi connectivity index (χ1v) is 8.20. The number of methoxy groups -OCH3 is 1. The van der Waals surface area contributed by atoms with Gasteiger partial charge >= 0.3 is 0 Å². The molecule has 2 atom stereocenters. The predicted molar refractivity (Wildman–Crippen MR) is 88.8 cm³/mol. The van der Waals surface area contributed by atoms with Gasteiger partial charge in [-0.2, -0.15) is 10.4 Å². The van der Waals surface area contributed by atoms with Crippen LogP contribution in [0.25, 0.3) is 0 Å². The van der Waals surface area contributed by atoms with Crippen LogP contribution in [-0.4, -0.2) is 49.7 Å². The highest BCUT2D eigenvalue weighted by Gasteiger charge is 2.41. The van der Waals surface area contributed by atoms with Crippen molar-refractivity contribution in [2.45, 2.75) is 31.9 Å². The van der Waals surface area contributed by atoms with Crippen molar-refractivity contribution < 1.29 is 9.47 Å². The highest BCUT2D eigenvalue weighted by atomic mass is 35.5. The van der Waals surface area contributed by atoms with Gasteiger partial charge in [-0.3, -0.25) is 5.01 Å². The number of hydrogen-bond acceptors (Lipinski definition) is 5. The SMILES string of the molecule is COCCOC1C(c2ccc(C#N)c(Cl)c2C)=NN2CCCC12. The molecule has 0 N–H and O–H groups in total. The molecule has 1 fully saturated rings. The summed E-state index contributed by atoms with van der Waals surface area (Å²) >= 11 is 6.32. The van der Waals surface area contributed by atoms with E-state index < -0.39 is 0 Å². The fraction of sp³-hybridized carbons (Fsp3) is 0.529. The summed E-state index contributed by atoms with van der Waals surface area (Å²) in [6.07, 6.45) is 2.14. The third kappa shape index (κ3) is 2.94. The fourth-order valence-electron chi connectivity index (χ4n) is 3.29. The second kappa shape index (κ2) is 6.88. The molecule has 0 amide bonds. The molecule has 0 saturated carbocycles. The van der Waals surface area contributed by atoms with Gasteiger partial charge in [0.25, 0.3) is 0 Å². The zero-order valence-electron chi connectivity index (χ0n) is 13.4. The second-order valence-electron chi connectivity index (χ2n) is 5.85. The fourth-order valence-corrected chi connectivity index (χ4v) is 3.50. The molecule has 122 valence electrons. The maximum atomic E-state index is 9.11. The van der Waals surface area contributed by atoms with Crippen LogP contribution >= 0.6 is 11.6 Å². The van der Waals surface area contributed by atoms with Crippen LogP contribution in [0, 0.1) is 18.3 Å². The molecule has 1 saturated heterocycles. The van der Waals surface area contributed by atoms with Gasteiger partial charge in [-0.25, -0.2) is 0 Å². The molecule has 2 heterocycles. The maximum Gasteiger partial charge on any atom is 0.124 e. The molecular weight excluding hydrogens is 314 g/mol. The molecule has 23 heavy (non-hydrogen) atoms. The van der Waals surface area contributed by atoms with Crippen molar-refractivity contribution in [1.29, 1.82) is 5.26 Å². The Morgan fingerprint density at radius 2 is 2.26 bits per heavy atom. The summed E-state index contributed by atoms with van der Waals surface area (Å²) < 4.78 is 11.2. The van der Waals surface area contributed by atoms with Gasteiger partial charge in [0.1, 0.15) is 12.2 Å². The molecule has 0 aliphatic carbocycles. The molecule has 0 bridgehead atoms. The van der Waals surface area contributed by atoms with Gasteiger partial charge in [0.2, 0.25) is 0 Å². The van der Waals surface area contributed by atoms with Gasteiger partial charge in [-0.15, -0.1) is 0 Å². The largest absolute Gasteiger partial charge is 0.382 e. The van der Waals surface area contributed by atoms with Crippen molar-refractivity contribution >= 4 is 17.3 Å². The first-order valence-electron chi connectivity index (χ1n) is 7.82. The molecule has 2 aliphatic heterocycles. The van der Waals surface area contributed by atoms with Crippen LogP contribution in [-0.2, 0) is 9.47 Å². The summed E-state index contributed by atoms with van der Waals surface area (Å²) in [5.41, 5.74) is 3.25. The number of hydrazone groups is 1. The molecule has 2 unspecified atom stereocenters.